The molecule has 6 nitrogen and oxygen atoms in total. The van der Waals surface area contributed by atoms with E-state index in [0.29, 0.717) is 0 Å². The number of rotatable bonds is 3. The summed E-state index contributed by atoms with van der Waals surface area (Å²) in [5.41, 5.74) is -0.255. The molecule has 94 valence electrons. The summed E-state index contributed by atoms with van der Waals surface area (Å²) in [5.74, 6) is -1.40. The van der Waals surface area contributed by atoms with E-state index in [4.69, 9.17) is 16.3 Å². The second-order valence-electron chi connectivity index (χ2n) is 3.22. The first-order valence-corrected chi connectivity index (χ1v) is 5.21. The van der Waals surface area contributed by atoms with Crippen molar-refractivity contribution in [3.8, 4) is 6.01 Å². The van der Waals surface area contributed by atoms with Gasteiger partial charge in [-0.05, 0) is 12.1 Å². The summed E-state index contributed by atoms with van der Waals surface area (Å²) < 4.78 is 18.2. The average molecular weight is 271 g/mol. The van der Waals surface area contributed by atoms with E-state index in [2.05, 4.69) is 20.5 Å². The molecule has 0 aliphatic heterocycles. The predicted molar refractivity (Wildman–Crippen MR) is 62.3 cm³/mol. The predicted octanol–water partition coefficient (Wildman–Crippen LogP) is 1.86. The maximum absolute atomic E-state index is 13.5. The number of anilines is 1. The Morgan fingerprint density at radius 2 is 2.33 bits per heavy atom. The van der Waals surface area contributed by atoms with Gasteiger partial charge in [-0.15, -0.1) is 5.10 Å². The maximum atomic E-state index is 13.5. The van der Waals surface area contributed by atoms with E-state index in [-0.39, 0.29) is 22.5 Å². The highest BCUT2D eigenvalue weighted by Gasteiger charge is 2.17. The van der Waals surface area contributed by atoms with Crippen LogP contribution in [0.5, 0.6) is 6.01 Å². The van der Waals surface area contributed by atoms with E-state index in [1.807, 2.05) is 0 Å². The second-order valence-corrected chi connectivity index (χ2v) is 3.63. The molecule has 0 aliphatic carbocycles. The Hall–Kier alpha value is -2.15. The molecule has 1 heterocycles. The number of hydrogen-bond acceptors (Lipinski definition) is 4. The first-order chi connectivity index (χ1) is 8.61. The summed E-state index contributed by atoms with van der Waals surface area (Å²) in [6.07, 6.45) is 0. The lowest BCUT2D eigenvalue weighted by Gasteiger charge is -2.04. The van der Waals surface area contributed by atoms with Gasteiger partial charge in [-0.3, -0.25) is 10.1 Å². The molecule has 0 bridgehead atoms. The number of aromatic amines is 1. The van der Waals surface area contributed by atoms with Crippen LogP contribution in [0.25, 0.3) is 0 Å². The van der Waals surface area contributed by atoms with Gasteiger partial charge in [-0.25, -0.2) is 9.49 Å². The molecular formula is C10H8ClFN4O2. The van der Waals surface area contributed by atoms with Crippen LogP contribution in [0, 0.1) is 5.82 Å². The molecule has 1 aromatic heterocycles. The number of carbonyl (C=O) groups excluding carboxylic acids is 1. The molecule has 1 amide bonds. The van der Waals surface area contributed by atoms with Crippen LogP contribution in [0.15, 0.2) is 18.2 Å². The van der Waals surface area contributed by atoms with Gasteiger partial charge in [0.1, 0.15) is 5.82 Å². The molecule has 1 aromatic carbocycles. The van der Waals surface area contributed by atoms with Crippen molar-refractivity contribution in [2.45, 2.75) is 0 Å². The first-order valence-electron chi connectivity index (χ1n) is 4.83. The number of methoxy groups -OCH3 is 1. The molecule has 2 rings (SSSR count). The highest BCUT2D eigenvalue weighted by atomic mass is 35.5. The lowest BCUT2D eigenvalue weighted by Crippen LogP contribution is -2.15. The van der Waals surface area contributed by atoms with Crippen molar-refractivity contribution in [3.05, 3.63) is 34.6 Å². The lowest BCUT2D eigenvalue weighted by molar-refractivity contribution is 0.102. The lowest BCUT2D eigenvalue weighted by atomic mass is 10.2. The molecule has 8 heteroatoms. The van der Waals surface area contributed by atoms with Gasteiger partial charge in [0.15, 0.2) is 0 Å². The van der Waals surface area contributed by atoms with Crippen LogP contribution >= 0.6 is 11.6 Å². The van der Waals surface area contributed by atoms with Gasteiger partial charge in [-0.2, -0.15) is 4.98 Å². The summed E-state index contributed by atoms with van der Waals surface area (Å²) >= 11 is 5.75. The molecule has 18 heavy (non-hydrogen) atoms. The van der Waals surface area contributed by atoms with Crippen molar-refractivity contribution in [1.29, 1.82) is 0 Å². The Kier molecular flexibility index (Phi) is 3.42. The molecule has 0 atom stereocenters. The molecule has 0 saturated carbocycles. The monoisotopic (exact) mass is 270 g/mol. The number of H-pyrrole nitrogens is 1. The highest BCUT2D eigenvalue weighted by molar-refractivity contribution is 6.34. The molecule has 0 radical (unpaired) electrons. The smallest absolute Gasteiger partial charge is 0.336 e. The van der Waals surface area contributed by atoms with Gasteiger partial charge < -0.3 is 4.74 Å². The van der Waals surface area contributed by atoms with E-state index in [1.165, 1.54) is 19.2 Å². The molecule has 2 N–H and O–H groups in total. The van der Waals surface area contributed by atoms with Crippen LogP contribution in [0.4, 0.5) is 10.3 Å². The van der Waals surface area contributed by atoms with Gasteiger partial charge in [0.25, 0.3) is 5.91 Å². The second kappa shape index (κ2) is 5.01. The summed E-state index contributed by atoms with van der Waals surface area (Å²) in [5, 5.41) is 8.37. The summed E-state index contributed by atoms with van der Waals surface area (Å²) in [6.45, 7) is 0. The number of ether oxygens (including phenoxy) is 1. The number of nitrogens with one attached hydrogen (secondary N) is 2. The van der Waals surface area contributed by atoms with E-state index in [0.717, 1.165) is 6.07 Å². The highest BCUT2D eigenvalue weighted by Crippen LogP contribution is 2.19. The number of amides is 1. The van der Waals surface area contributed by atoms with Gasteiger partial charge in [0.05, 0.1) is 17.7 Å². The zero-order valence-corrected chi connectivity index (χ0v) is 9.95. The quantitative estimate of drug-likeness (QED) is 0.892. The Labute approximate surface area is 106 Å². The third-order valence-corrected chi connectivity index (χ3v) is 2.38. The van der Waals surface area contributed by atoms with Crippen molar-refractivity contribution in [2.24, 2.45) is 0 Å². The van der Waals surface area contributed by atoms with Gasteiger partial charge in [-0.1, -0.05) is 17.7 Å². The van der Waals surface area contributed by atoms with Gasteiger partial charge >= 0.3 is 6.01 Å². The van der Waals surface area contributed by atoms with Crippen LogP contribution < -0.4 is 10.1 Å². The first kappa shape index (κ1) is 12.3. The molecule has 0 saturated heterocycles. The zero-order valence-electron chi connectivity index (χ0n) is 9.20. The molecule has 0 spiro atoms. The van der Waals surface area contributed by atoms with Crippen LogP contribution in [0.3, 0.4) is 0 Å². The van der Waals surface area contributed by atoms with E-state index < -0.39 is 11.7 Å². The van der Waals surface area contributed by atoms with Crippen molar-refractivity contribution in [3.63, 3.8) is 0 Å². The Bertz CT molecular complexity index is 567. The van der Waals surface area contributed by atoms with Crippen LogP contribution in [0.2, 0.25) is 5.02 Å². The maximum Gasteiger partial charge on any atom is 0.336 e. The largest absolute Gasteiger partial charge is 0.466 e. The standard InChI is InChI=1S/C10H8ClFN4O2/c1-18-10-14-9(15-16-10)13-8(17)7-5(11)3-2-4-6(7)12/h2-4H,1H3,(H2,13,14,15,16,17). The van der Waals surface area contributed by atoms with E-state index in [1.54, 1.807) is 0 Å². The average Bonchev–Trinajstić information content (AvgIpc) is 2.76. The number of aromatic nitrogens is 3. The number of benzene rings is 1. The third kappa shape index (κ3) is 2.40. The minimum atomic E-state index is -0.725. The van der Waals surface area contributed by atoms with E-state index >= 15 is 0 Å². The fraction of sp³-hybridized carbons (Fsp3) is 0.100. The number of carbonyl (C=O) groups is 1. The molecule has 0 fully saturated rings. The third-order valence-electron chi connectivity index (χ3n) is 2.07. The summed E-state index contributed by atoms with van der Waals surface area (Å²) in [7, 11) is 1.38. The SMILES string of the molecule is COc1n[nH]c(NC(=O)c2c(F)cccc2Cl)n1. The van der Waals surface area contributed by atoms with Crippen LogP contribution in [-0.2, 0) is 0 Å². The summed E-state index contributed by atoms with van der Waals surface area (Å²) in [4.78, 5) is 15.6. The fourth-order valence-electron chi connectivity index (χ4n) is 1.28. The zero-order chi connectivity index (χ0) is 13.1. The van der Waals surface area contributed by atoms with E-state index in [9.17, 15) is 9.18 Å². The van der Waals surface area contributed by atoms with Crippen molar-refractivity contribution in [1.82, 2.24) is 15.2 Å². The number of halogens is 2. The van der Waals surface area contributed by atoms with Crippen molar-refractivity contribution >= 4 is 23.5 Å². The fourth-order valence-corrected chi connectivity index (χ4v) is 1.53. The Morgan fingerprint density at radius 1 is 1.56 bits per heavy atom. The van der Waals surface area contributed by atoms with Crippen molar-refractivity contribution < 1.29 is 13.9 Å². The van der Waals surface area contributed by atoms with Gasteiger partial charge in [0, 0.05) is 0 Å². The Morgan fingerprint density at radius 3 is 2.94 bits per heavy atom. The van der Waals surface area contributed by atoms with Crippen LogP contribution in [0.1, 0.15) is 10.4 Å². The van der Waals surface area contributed by atoms with Crippen LogP contribution in [-0.4, -0.2) is 28.2 Å². The normalized spacial score (nSPS) is 10.2. The molecular weight excluding hydrogens is 263 g/mol. The Balaban J connectivity index is 2.22. The summed E-state index contributed by atoms with van der Waals surface area (Å²) in [6, 6.07) is 4.03. The molecule has 0 unspecified atom stereocenters. The number of nitrogens with zero attached hydrogens (tertiary/aromatic N) is 2. The van der Waals surface area contributed by atoms with Crippen molar-refractivity contribution in [2.75, 3.05) is 12.4 Å². The molecule has 0 aliphatic rings. The minimum absolute atomic E-state index is 0.0129. The van der Waals surface area contributed by atoms with Gasteiger partial charge in [0.2, 0.25) is 5.95 Å². The number of hydrogen-bond donors (Lipinski definition) is 2. The molecule has 2 aromatic rings. The topological polar surface area (TPSA) is 79.9 Å². The minimum Gasteiger partial charge on any atom is -0.466 e.